The minimum absolute atomic E-state index is 0.0708. The van der Waals surface area contributed by atoms with Crippen molar-refractivity contribution < 1.29 is 4.52 Å². The van der Waals surface area contributed by atoms with E-state index in [1.165, 1.54) is 0 Å². The van der Waals surface area contributed by atoms with Crippen LogP contribution >= 0.6 is 0 Å². The summed E-state index contributed by atoms with van der Waals surface area (Å²) in [5, 5.41) is 7.22. The summed E-state index contributed by atoms with van der Waals surface area (Å²) < 4.78 is 5.33. The van der Waals surface area contributed by atoms with Crippen LogP contribution < -0.4 is 5.32 Å². The number of nitrogens with zero attached hydrogens (tertiary/aromatic N) is 3. The Balaban J connectivity index is 2.43. The number of aryl methyl sites for hydroxylation is 1. The topological polar surface area (TPSA) is 63.8 Å². The molecular formula is C15H22N4O. The Morgan fingerprint density at radius 2 is 1.95 bits per heavy atom. The Bertz CT molecular complexity index is 596. The third-order valence-corrected chi connectivity index (χ3v) is 2.75. The molecule has 0 amide bonds. The lowest BCUT2D eigenvalue weighted by atomic mass is 10.0. The van der Waals surface area contributed by atoms with Crippen LogP contribution in [-0.2, 0) is 0 Å². The summed E-state index contributed by atoms with van der Waals surface area (Å²) in [6.45, 7) is 12.4. The average molecular weight is 274 g/mol. The fourth-order valence-corrected chi connectivity index (χ4v) is 1.91. The smallest absolute Gasteiger partial charge is 0.223 e. The Labute approximate surface area is 119 Å². The van der Waals surface area contributed by atoms with Crippen LogP contribution in [0.25, 0.3) is 11.3 Å². The quantitative estimate of drug-likeness (QED) is 0.922. The number of rotatable bonds is 3. The summed E-state index contributed by atoms with van der Waals surface area (Å²) in [5.41, 5.74) is 2.65. The molecule has 2 aromatic heterocycles. The fraction of sp³-hybridized carbons (Fsp3) is 0.533. The van der Waals surface area contributed by atoms with E-state index in [1.54, 1.807) is 6.20 Å². The maximum Gasteiger partial charge on any atom is 0.223 e. The van der Waals surface area contributed by atoms with Gasteiger partial charge in [-0.1, -0.05) is 19.0 Å². The van der Waals surface area contributed by atoms with Gasteiger partial charge in [-0.25, -0.2) is 9.97 Å². The SMILES string of the molecule is Cc1cc(-c2cnc(NC(C)(C)C)nc2C(C)C)on1. The Morgan fingerprint density at radius 1 is 1.25 bits per heavy atom. The van der Waals surface area contributed by atoms with E-state index >= 15 is 0 Å². The van der Waals surface area contributed by atoms with Gasteiger partial charge in [0.2, 0.25) is 5.95 Å². The average Bonchev–Trinajstić information content (AvgIpc) is 2.73. The molecule has 0 bridgehead atoms. The molecule has 0 aliphatic rings. The van der Waals surface area contributed by atoms with Crippen LogP contribution in [0.3, 0.4) is 0 Å². The zero-order valence-electron chi connectivity index (χ0n) is 13.0. The van der Waals surface area contributed by atoms with E-state index in [2.05, 4.69) is 55.1 Å². The van der Waals surface area contributed by atoms with Crippen LogP contribution in [0.1, 0.15) is 51.9 Å². The van der Waals surface area contributed by atoms with Crippen LogP contribution in [-0.4, -0.2) is 20.7 Å². The molecule has 0 radical (unpaired) electrons. The van der Waals surface area contributed by atoms with Gasteiger partial charge in [0.05, 0.1) is 17.0 Å². The van der Waals surface area contributed by atoms with Crippen LogP contribution in [0.15, 0.2) is 16.8 Å². The zero-order chi connectivity index (χ0) is 14.9. The van der Waals surface area contributed by atoms with Crippen molar-refractivity contribution in [3.8, 4) is 11.3 Å². The van der Waals surface area contributed by atoms with E-state index in [0.717, 1.165) is 17.0 Å². The highest BCUT2D eigenvalue weighted by atomic mass is 16.5. The van der Waals surface area contributed by atoms with Gasteiger partial charge in [-0.15, -0.1) is 0 Å². The van der Waals surface area contributed by atoms with E-state index in [0.29, 0.717) is 11.7 Å². The minimum atomic E-state index is -0.0708. The van der Waals surface area contributed by atoms with Crippen LogP contribution in [0.4, 0.5) is 5.95 Å². The summed E-state index contributed by atoms with van der Waals surface area (Å²) in [6, 6.07) is 1.90. The van der Waals surface area contributed by atoms with Gasteiger partial charge in [0.25, 0.3) is 0 Å². The predicted molar refractivity (Wildman–Crippen MR) is 79.7 cm³/mol. The monoisotopic (exact) mass is 274 g/mol. The van der Waals surface area contributed by atoms with Crippen molar-refractivity contribution in [2.45, 2.75) is 53.0 Å². The molecule has 0 saturated heterocycles. The molecule has 2 rings (SSSR count). The van der Waals surface area contributed by atoms with Crippen molar-refractivity contribution in [3.63, 3.8) is 0 Å². The first-order valence-corrected chi connectivity index (χ1v) is 6.85. The van der Waals surface area contributed by atoms with Crippen LogP contribution in [0.5, 0.6) is 0 Å². The normalized spacial score (nSPS) is 11.9. The first-order valence-electron chi connectivity index (χ1n) is 6.85. The molecular weight excluding hydrogens is 252 g/mol. The molecule has 0 saturated carbocycles. The van der Waals surface area contributed by atoms with E-state index < -0.39 is 0 Å². The number of nitrogens with one attached hydrogen (secondary N) is 1. The molecule has 1 N–H and O–H groups in total. The van der Waals surface area contributed by atoms with Crippen molar-refractivity contribution in [3.05, 3.63) is 23.7 Å². The summed E-state index contributed by atoms with van der Waals surface area (Å²) in [6.07, 6.45) is 1.80. The number of hydrogen-bond donors (Lipinski definition) is 1. The predicted octanol–water partition coefficient (Wildman–Crippen LogP) is 3.77. The third kappa shape index (κ3) is 3.35. The maximum atomic E-state index is 5.33. The summed E-state index contributed by atoms with van der Waals surface area (Å²) >= 11 is 0. The molecule has 2 aromatic rings. The highest BCUT2D eigenvalue weighted by Gasteiger charge is 2.18. The summed E-state index contributed by atoms with van der Waals surface area (Å²) in [4.78, 5) is 9.02. The lowest BCUT2D eigenvalue weighted by Crippen LogP contribution is -2.27. The molecule has 0 unspecified atom stereocenters. The van der Waals surface area contributed by atoms with Gasteiger partial charge in [0.15, 0.2) is 5.76 Å². The molecule has 108 valence electrons. The van der Waals surface area contributed by atoms with Crippen molar-refractivity contribution in [1.29, 1.82) is 0 Å². The fourth-order valence-electron chi connectivity index (χ4n) is 1.91. The maximum absolute atomic E-state index is 5.33. The molecule has 0 atom stereocenters. The Hall–Kier alpha value is -1.91. The largest absolute Gasteiger partial charge is 0.356 e. The summed E-state index contributed by atoms with van der Waals surface area (Å²) in [5.74, 6) is 1.63. The van der Waals surface area contributed by atoms with Crippen LogP contribution in [0.2, 0.25) is 0 Å². The van der Waals surface area contributed by atoms with Gasteiger partial charge in [0, 0.05) is 17.8 Å². The Morgan fingerprint density at radius 3 is 2.45 bits per heavy atom. The third-order valence-electron chi connectivity index (χ3n) is 2.75. The lowest BCUT2D eigenvalue weighted by Gasteiger charge is -2.21. The molecule has 5 heteroatoms. The van der Waals surface area contributed by atoms with Gasteiger partial charge in [-0.2, -0.15) is 0 Å². The van der Waals surface area contributed by atoms with Gasteiger partial charge in [-0.3, -0.25) is 0 Å². The van der Waals surface area contributed by atoms with E-state index in [4.69, 9.17) is 4.52 Å². The molecule has 0 spiro atoms. The Kier molecular flexibility index (Phi) is 3.79. The number of anilines is 1. The van der Waals surface area contributed by atoms with E-state index in [1.807, 2.05) is 13.0 Å². The van der Waals surface area contributed by atoms with Crippen LogP contribution in [0, 0.1) is 6.92 Å². The van der Waals surface area contributed by atoms with Gasteiger partial charge in [-0.05, 0) is 33.6 Å². The summed E-state index contributed by atoms with van der Waals surface area (Å²) in [7, 11) is 0. The van der Waals surface area contributed by atoms with Crippen molar-refractivity contribution in [1.82, 2.24) is 15.1 Å². The number of aromatic nitrogens is 3. The molecule has 0 aliphatic carbocycles. The molecule has 5 nitrogen and oxygen atoms in total. The first-order chi connectivity index (χ1) is 9.26. The number of hydrogen-bond acceptors (Lipinski definition) is 5. The van der Waals surface area contributed by atoms with Gasteiger partial charge in [0.1, 0.15) is 0 Å². The van der Waals surface area contributed by atoms with Crippen molar-refractivity contribution in [2.75, 3.05) is 5.32 Å². The molecule has 0 aliphatic heterocycles. The lowest BCUT2D eigenvalue weighted by molar-refractivity contribution is 0.426. The van der Waals surface area contributed by atoms with Gasteiger partial charge >= 0.3 is 0 Å². The van der Waals surface area contributed by atoms with Crippen molar-refractivity contribution >= 4 is 5.95 Å². The highest BCUT2D eigenvalue weighted by molar-refractivity contribution is 5.61. The first kappa shape index (κ1) is 14.5. The molecule has 2 heterocycles. The second-order valence-electron chi connectivity index (χ2n) is 6.35. The second-order valence-corrected chi connectivity index (χ2v) is 6.35. The van der Waals surface area contributed by atoms with Gasteiger partial charge < -0.3 is 9.84 Å². The molecule has 0 aromatic carbocycles. The molecule has 0 fully saturated rings. The highest BCUT2D eigenvalue weighted by Crippen LogP contribution is 2.28. The standard InChI is InChI=1S/C15H22N4O/c1-9(2)13-11(12-7-10(3)19-20-12)8-16-14(17-13)18-15(4,5)6/h7-9H,1-6H3,(H,16,17,18). The minimum Gasteiger partial charge on any atom is -0.356 e. The zero-order valence-corrected chi connectivity index (χ0v) is 13.0. The second kappa shape index (κ2) is 5.23. The molecule has 20 heavy (non-hydrogen) atoms. The van der Waals surface area contributed by atoms with E-state index in [-0.39, 0.29) is 11.5 Å². The van der Waals surface area contributed by atoms with Crippen molar-refractivity contribution in [2.24, 2.45) is 0 Å². The van der Waals surface area contributed by atoms with E-state index in [9.17, 15) is 0 Å².